The maximum Gasteiger partial charge on any atom is 0.317 e. The second-order valence-corrected chi connectivity index (χ2v) is 7.55. The van der Waals surface area contributed by atoms with E-state index in [1.807, 2.05) is 42.2 Å². The normalized spacial score (nSPS) is 14.9. The molecule has 0 bridgehead atoms. The van der Waals surface area contributed by atoms with E-state index in [-0.39, 0.29) is 6.03 Å². The molecular formula is C22H31N5O. The molecule has 3 rings (SSSR count). The minimum atomic E-state index is 0.0253. The molecule has 0 aliphatic carbocycles. The molecule has 0 unspecified atom stereocenters. The van der Waals surface area contributed by atoms with Gasteiger partial charge in [0.05, 0.1) is 0 Å². The summed E-state index contributed by atoms with van der Waals surface area (Å²) in [4.78, 5) is 26.3. The molecule has 2 amide bonds. The standard InChI is InChI=1S/C22H31N5O/c1-5-23-22(28)27-13-9-12-26(14-15-27)21-19(16(2)3)17(4)24-20(25-21)18-10-7-6-8-11-18/h6-8,10-11,16H,5,9,12-15H2,1-4H3,(H,23,28). The molecule has 1 fully saturated rings. The van der Waals surface area contributed by atoms with Crippen LogP contribution in [0.1, 0.15) is 44.4 Å². The second-order valence-electron chi connectivity index (χ2n) is 7.55. The minimum Gasteiger partial charge on any atom is -0.354 e. The van der Waals surface area contributed by atoms with Gasteiger partial charge in [0.2, 0.25) is 0 Å². The van der Waals surface area contributed by atoms with Crippen LogP contribution in [0.25, 0.3) is 11.4 Å². The van der Waals surface area contributed by atoms with Gasteiger partial charge in [-0.1, -0.05) is 44.2 Å². The molecule has 1 saturated heterocycles. The highest BCUT2D eigenvalue weighted by Crippen LogP contribution is 2.31. The Balaban J connectivity index is 1.93. The predicted molar refractivity (Wildman–Crippen MR) is 114 cm³/mol. The molecule has 6 nitrogen and oxygen atoms in total. The second kappa shape index (κ2) is 9.04. The molecule has 150 valence electrons. The highest BCUT2D eigenvalue weighted by Gasteiger charge is 2.24. The largest absolute Gasteiger partial charge is 0.354 e. The number of carbonyl (C=O) groups excluding carboxylic acids is 1. The summed E-state index contributed by atoms with van der Waals surface area (Å²) in [6.07, 6.45) is 0.929. The SMILES string of the molecule is CCNC(=O)N1CCCN(c2nc(-c3ccccc3)nc(C)c2C(C)C)CC1. The zero-order chi connectivity index (χ0) is 20.1. The van der Waals surface area contributed by atoms with Crippen LogP contribution in [0.4, 0.5) is 10.6 Å². The van der Waals surface area contributed by atoms with Crippen LogP contribution in [-0.2, 0) is 0 Å². The van der Waals surface area contributed by atoms with Crippen LogP contribution in [0.2, 0.25) is 0 Å². The Morgan fingerprint density at radius 2 is 1.86 bits per heavy atom. The molecule has 2 aromatic rings. The lowest BCUT2D eigenvalue weighted by Crippen LogP contribution is -2.42. The van der Waals surface area contributed by atoms with Gasteiger partial charge in [-0.3, -0.25) is 0 Å². The van der Waals surface area contributed by atoms with Gasteiger partial charge in [-0.2, -0.15) is 0 Å². The Morgan fingerprint density at radius 1 is 1.11 bits per heavy atom. The molecule has 6 heteroatoms. The summed E-state index contributed by atoms with van der Waals surface area (Å²) in [6.45, 7) is 12.2. The fourth-order valence-electron chi connectivity index (χ4n) is 3.80. The first-order chi connectivity index (χ1) is 13.5. The van der Waals surface area contributed by atoms with Gasteiger partial charge >= 0.3 is 6.03 Å². The number of aromatic nitrogens is 2. The quantitative estimate of drug-likeness (QED) is 0.875. The summed E-state index contributed by atoms with van der Waals surface area (Å²) in [5.41, 5.74) is 3.26. The predicted octanol–water partition coefficient (Wildman–Crippen LogP) is 3.82. The summed E-state index contributed by atoms with van der Waals surface area (Å²) >= 11 is 0. The van der Waals surface area contributed by atoms with Crippen LogP contribution in [0, 0.1) is 6.92 Å². The number of nitrogens with one attached hydrogen (secondary N) is 1. The highest BCUT2D eigenvalue weighted by atomic mass is 16.2. The van der Waals surface area contributed by atoms with Crippen molar-refractivity contribution < 1.29 is 4.79 Å². The number of anilines is 1. The van der Waals surface area contributed by atoms with Gasteiger partial charge in [-0.15, -0.1) is 0 Å². The maximum atomic E-state index is 12.2. The summed E-state index contributed by atoms with van der Waals surface area (Å²) in [6, 6.07) is 10.2. The lowest BCUT2D eigenvalue weighted by molar-refractivity contribution is 0.202. The Labute approximate surface area is 168 Å². The number of urea groups is 1. The topological polar surface area (TPSA) is 61.4 Å². The smallest absolute Gasteiger partial charge is 0.317 e. The molecule has 2 heterocycles. The van der Waals surface area contributed by atoms with Crippen molar-refractivity contribution in [1.82, 2.24) is 20.2 Å². The van der Waals surface area contributed by atoms with Crippen molar-refractivity contribution in [3.63, 3.8) is 0 Å². The average Bonchev–Trinajstić information content (AvgIpc) is 2.94. The molecule has 0 saturated carbocycles. The Hall–Kier alpha value is -2.63. The van der Waals surface area contributed by atoms with Gasteiger partial charge in [0.25, 0.3) is 0 Å². The van der Waals surface area contributed by atoms with Crippen molar-refractivity contribution in [2.75, 3.05) is 37.6 Å². The maximum absolute atomic E-state index is 12.2. The lowest BCUT2D eigenvalue weighted by atomic mass is 10.0. The molecule has 1 N–H and O–H groups in total. The minimum absolute atomic E-state index is 0.0253. The molecule has 1 aliphatic heterocycles. The van der Waals surface area contributed by atoms with E-state index >= 15 is 0 Å². The molecule has 0 atom stereocenters. The van der Waals surface area contributed by atoms with Gasteiger partial charge in [0.1, 0.15) is 5.82 Å². The van der Waals surface area contributed by atoms with E-state index in [2.05, 4.69) is 31.0 Å². The van der Waals surface area contributed by atoms with Crippen LogP contribution in [0.15, 0.2) is 30.3 Å². The van der Waals surface area contributed by atoms with Crippen LogP contribution < -0.4 is 10.2 Å². The van der Waals surface area contributed by atoms with Crippen molar-refractivity contribution in [2.24, 2.45) is 0 Å². The number of benzene rings is 1. The van der Waals surface area contributed by atoms with E-state index in [1.165, 1.54) is 5.56 Å². The van der Waals surface area contributed by atoms with E-state index in [9.17, 15) is 4.79 Å². The van der Waals surface area contributed by atoms with E-state index in [1.54, 1.807) is 0 Å². The van der Waals surface area contributed by atoms with Gasteiger partial charge in [-0.05, 0) is 26.2 Å². The Bertz CT molecular complexity index is 806. The van der Waals surface area contributed by atoms with Gasteiger partial charge in [0, 0.05) is 49.5 Å². The molecule has 1 aliphatic rings. The number of carbonyl (C=O) groups is 1. The third kappa shape index (κ3) is 4.43. The van der Waals surface area contributed by atoms with Crippen molar-refractivity contribution >= 4 is 11.8 Å². The molecule has 0 radical (unpaired) electrons. The number of rotatable bonds is 4. The first-order valence-corrected chi connectivity index (χ1v) is 10.2. The average molecular weight is 382 g/mol. The Morgan fingerprint density at radius 3 is 2.54 bits per heavy atom. The van der Waals surface area contributed by atoms with Crippen molar-refractivity contribution in [2.45, 2.75) is 40.0 Å². The number of nitrogens with zero attached hydrogens (tertiary/aromatic N) is 4. The van der Waals surface area contributed by atoms with Gasteiger partial charge < -0.3 is 15.1 Å². The summed E-state index contributed by atoms with van der Waals surface area (Å²) < 4.78 is 0. The Kier molecular flexibility index (Phi) is 6.49. The van der Waals surface area contributed by atoms with Crippen molar-refractivity contribution in [1.29, 1.82) is 0 Å². The molecule has 0 spiro atoms. The van der Waals surface area contributed by atoms with Gasteiger partial charge in [0.15, 0.2) is 5.82 Å². The molecular weight excluding hydrogens is 350 g/mol. The van der Waals surface area contributed by atoms with E-state index in [0.717, 1.165) is 49.0 Å². The zero-order valence-electron chi connectivity index (χ0n) is 17.4. The fraction of sp³-hybridized carbons (Fsp3) is 0.500. The van der Waals surface area contributed by atoms with E-state index < -0.39 is 0 Å². The number of amides is 2. The summed E-state index contributed by atoms with van der Waals surface area (Å²) in [5, 5.41) is 2.91. The monoisotopic (exact) mass is 381 g/mol. The number of hydrogen-bond donors (Lipinski definition) is 1. The number of hydrogen-bond acceptors (Lipinski definition) is 4. The fourth-order valence-corrected chi connectivity index (χ4v) is 3.80. The van der Waals surface area contributed by atoms with Crippen LogP contribution in [0.3, 0.4) is 0 Å². The van der Waals surface area contributed by atoms with E-state index in [0.29, 0.717) is 19.0 Å². The molecule has 1 aromatic heterocycles. The van der Waals surface area contributed by atoms with E-state index in [4.69, 9.17) is 9.97 Å². The first kappa shape index (κ1) is 20.1. The highest BCUT2D eigenvalue weighted by molar-refractivity contribution is 5.74. The number of aryl methyl sites for hydroxylation is 1. The third-order valence-corrected chi connectivity index (χ3v) is 5.14. The third-order valence-electron chi connectivity index (χ3n) is 5.14. The van der Waals surface area contributed by atoms with Gasteiger partial charge in [-0.25, -0.2) is 14.8 Å². The van der Waals surface area contributed by atoms with Crippen LogP contribution in [0.5, 0.6) is 0 Å². The summed E-state index contributed by atoms with van der Waals surface area (Å²) in [5.74, 6) is 2.11. The van der Waals surface area contributed by atoms with Crippen LogP contribution >= 0.6 is 0 Å². The van der Waals surface area contributed by atoms with Crippen molar-refractivity contribution in [3.05, 3.63) is 41.6 Å². The summed E-state index contributed by atoms with van der Waals surface area (Å²) in [7, 11) is 0. The van der Waals surface area contributed by atoms with Crippen LogP contribution in [-0.4, -0.2) is 53.6 Å². The first-order valence-electron chi connectivity index (χ1n) is 10.2. The van der Waals surface area contributed by atoms with Crippen molar-refractivity contribution in [3.8, 4) is 11.4 Å². The lowest BCUT2D eigenvalue weighted by Gasteiger charge is -2.27. The molecule has 1 aromatic carbocycles. The molecule has 28 heavy (non-hydrogen) atoms. The zero-order valence-corrected chi connectivity index (χ0v) is 17.4.